The summed E-state index contributed by atoms with van der Waals surface area (Å²) in [6.07, 6.45) is 4.03. The molecule has 1 saturated heterocycles. The molecule has 2 aromatic heterocycles. The molecule has 35 heavy (non-hydrogen) atoms. The van der Waals surface area contributed by atoms with Crippen molar-refractivity contribution in [1.82, 2.24) is 19.9 Å². The molecule has 176 valence electrons. The Bertz CT molecular complexity index is 1520. The summed E-state index contributed by atoms with van der Waals surface area (Å²) >= 11 is 0. The lowest BCUT2D eigenvalue weighted by molar-refractivity contribution is 0.386. The number of hydrogen-bond donors (Lipinski definition) is 1. The lowest BCUT2D eigenvalue weighted by atomic mass is 10.00. The number of nitriles is 1. The van der Waals surface area contributed by atoms with E-state index in [1.807, 2.05) is 19.1 Å². The average molecular weight is 470 g/mol. The van der Waals surface area contributed by atoms with E-state index in [1.54, 1.807) is 24.4 Å². The summed E-state index contributed by atoms with van der Waals surface area (Å²) in [7, 11) is 1.39. The fourth-order valence-corrected chi connectivity index (χ4v) is 4.58. The van der Waals surface area contributed by atoms with Gasteiger partial charge in [-0.25, -0.2) is 9.37 Å². The van der Waals surface area contributed by atoms with Gasteiger partial charge in [-0.2, -0.15) is 5.26 Å². The van der Waals surface area contributed by atoms with Gasteiger partial charge in [-0.15, -0.1) is 0 Å². The van der Waals surface area contributed by atoms with E-state index in [1.165, 1.54) is 23.8 Å². The van der Waals surface area contributed by atoms with E-state index >= 15 is 0 Å². The van der Waals surface area contributed by atoms with Crippen LogP contribution in [0.1, 0.15) is 47.1 Å². The van der Waals surface area contributed by atoms with Gasteiger partial charge < -0.3 is 10.1 Å². The Morgan fingerprint density at radius 3 is 2.77 bits per heavy atom. The minimum atomic E-state index is -0.569. The number of aromatic nitrogens is 3. The average Bonchev–Trinajstić information content (AvgIpc) is 3.40. The van der Waals surface area contributed by atoms with Gasteiger partial charge in [0.05, 0.1) is 41.4 Å². The maximum Gasteiger partial charge on any atom is 0.266 e. The fourth-order valence-electron chi connectivity index (χ4n) is 4.58. The first-order valence-corrected chi connectivity index (χ1v) is 11.5. The summed E-state index contributed by atoms with van der Waals surface area (Å²) in [6.45, 7) is 2.73. The molecule has 0 aliphatic carbocycles. The van der Waals surface area contributed by atoms with Gasteiger partial charge in [0.1, 0.15) is 5.82 Å². The van der Waals surface area contributed by atoms with Crippen molar-refractivity contribution in [2.45, 2.75) is 32.2 Å². The van der Waals surface area contributed by atoms with Gasteiger partial charge >= 0.3 is 0 Å². The molecule has 5 rings (SSSR count). The maximum atomic E-state index is 14.6. The van der Waals surface area contributed by atoms with Crippen molar-refractivity contribution in [3.05, 3.63) is 93.0 Å². The van der Waals surface area contributed by atoms with E-state index in [-0.39, 0.29) is 17.4 Å². The van der Waals surface area contributed by atoms with E-state index in [0.717, 1.165) is 36.2 Å². The number of ether oxygens (including phenoxy) is 1. The predicted octanol–water partition coefficient (Wildman–Crippen LogP) is 4.12. The molecule has 8 heteroatoms. The summed E-state index contributed by atoms with van der Waals surface area (Å²) in [5.41, 5.74) is 3.56. The SMILES string of the molecule is COc1ccc(-n2c(C3CCCN3)nc3c(Cc4ccc(C)nc4)cc(C#N)cc3c2=O)cc1F. The molecule has 3 heterocycles. The molecular formula is C27H24FN5O2. The molecule has 4 aromatic rings. The standard InChI is InChI=1S/C27H24FN5O2/c1-16-5-6-17(15-31-16)10-19-11-18(14-29)12-21-25(19)32-26(23-4-3-9-30-23)33(27(21)34)20-7-8-24(35-2)22(28)13-20/h5-8,11-13,15,23,30H,3-4,9-10H2,1-2H3. The first-order valence-electron chi connectivity index (χ1n) is 11.5. The van der Waals surface area contributed by atoms with Crippen molar-refractivity contribution in [2.24, 2.45) is 0 Å². The molecule has 0 bridgehead atoms. The second-order valence-electron chi connectivity index (χ2n) is 8.71. The molecule has 0 saturated carbocycles. The van der Waals surface area contributed by atoms with Gasteiger partial charge in [-0.3, -0.25) is 14.3 Å². The van der Waals surface area contributed by atoms with Crippen LogP contribution in [0, 0.1) is 24.1 Å². The summed E-state index contributed by atoms with van der Waals surface area (Å²) < 4.78 is 21.1. The molecular weight excluding hydrogens is 445 g/mol. The number of benzene rings is 2. The van der Waals surface area contributed by atoms with Crippen molar-refractivity contribution < 1.29 is 9.13 Å². The number of aryl methyl sites for hydroxylation is 1. The zero-order valence-corrected chi connectivity index (χ0v) is 19.5. The van der Waals surface area contributed by atoms with E-state index in [0.29, 0.717) is 34.4 Å². The van der Waals surface area contributed by atoms with E-state index in [2.05, 4.69) is 16.4 Å². The number of halogens is 1. The molecule has 7 nitrogen and oxygen atoms in total. The lowest BCUT2D eigenvalue weighted by Crippen LogP contribution is -2.29. The van der Waals surface area contributed by atoms with Crippen LogP contribution in [0.5, 0.6) is 5.75 Å². The highest BCUT2D eigenvalue weighted by molar-refractivity contribution is 5.83. The van der Waals surface area contributed by atoms with Crippen molar-refractivity contribution in [1.29, 1.82) is 5.26 Å². The third-order valence-electron chi connectivity index (χ3n) is 6.34. The Labute approximate surface area is 201 Å². The second kappa shape index (κ2) is 9.28. The zero-order chi connectivity index (χ0) is 24.5. The van der Waals surface area contributed by atoms with Gasteiger partial charge in [0.15, 0.2) is 11.6 Å². The minimum Gasteiger partial charge on any atom is -0.494 e. The predicted molar refractivity (Wildman–Crippen MR) is 130 cm³/mol. The van der Waals surface area contributed by atoms with Gasteiger partial charge in [0.2, 0.25) is 0 Å². The lowest BCUT2D eigenvalue weighted by Gasteiger charge is -2.20. The molecule has 1 N–H and O–H groups in total. The highest BCUT2D eigenvalue weighted by Crippen LogP contribution is 2.28. The van der Waals surface area contributed by atoms with E-state index in [4.69, 9.17) is 9.72 Å². The van der Waals surface area contributed by atoms with Crippen LogP contribution in [-0.4, -0.2) is 28.2 Å². The molecule has 1 fully saturated rings. The van der Waals surface area contributed by atoms with Gasteiger partial charge in [-0.05, 0) is 67.8 Å². The second-order valence-corrected chi connectivity index (χ2v) is 8.71. The smallest absolute Gasteiger partial charge is 0.266 e. The minimum absolute atomic E-state index is 0.0943. The molecule has 1 atom stereocenters. The van der Waals surface area contributed by atoms with Crippen LogP contribution in [0.4, 0.5) is 4.39 Å². The van der Waals surface area contributed by atoms with Gasteiger partial charge in [0.25, 0.3) is 5.56 Å². The fraction of sp³-hybridized carbons (Fsp3) is 0.259. The highest BCUT2D eigenvalue weighted by atomic mass is 19.1. The normalized spacial score (nSPS) is 15.3. The maximum absolute atomic E-state index is 14.6. The Morgan fingerprint density at radius 2 is 2.11 bits per heavy atom. The monoisotopic (exact) mass is 469 g/mol. The summed E-state index contributed by atoms with van der Waals surface area (Å²) in [5.74, 6) is 0.0510. The van der Waals surface area contributed by atoms with Crippen LogP contribution in [0.25, 0.3) is 16.6 Å². The van der Waals surface area contributed by atoms with Crippen molar-refractivity contribution >= 4 is 10.9 Å². The number of rotatable bonds is 5. The Kier molecular flexibility index (Phi) is 6.01. The van der Waals surface area contributed by atoms with Crippen LogP contribution in [0.2, 0.25) is 0 Å². The van der Waals surface area contributed by atoms with Crippen LogP contribution >= 0.6 is 0 Å². The first kappa shape index (κ1) is 22.7. The van der Waals surface area contributed by atoms with Crippen molar-refractivity contribution in [3.63, 3.8) is 0 Å². The molecule has 1 aliphatic rings. The Hall–Kier alpha value is -4.09. The number of fused-ring (bicyclic) bond motifs is 1. The van der Waals surface area contributed by atoms with Crippen molar-refractivity contribution in [2.75, 3.05) is 13.7 Å². The van der Waals surface area contributed by atoms with Crippen LogP contribution < -0.4 is 15.6 Å². The Morgan fingerprint density at radius 1 is 1.26 bits per heavy atom. The largest absolute Gasteiger partial charge is 0.494 e. The molecule has 0 spiro atoms. The summed E-state index contributed by atoms with van der Waals surface area (Å²) in [4.78, 5) is 23.2. The molecule has 1 unspecified atom stereocenters. The molecule has 2 aromatic carbocycles. The topological polar surface area (TPSA) is 92.8 Å². The van der Waals surface area contributed by atoms with E-state index < -0.39 is 5.82 Å². The van der Waals surface area contributed by atoms with Crippen LogP contribution in [0.3, 0.4) is 0 Å². The number of methoxy groups -OCH3 is 1. The third-order valence-corrected chi connectivity index (χ3v) is 6.34. The van der Waals surface area contributed by atoms with Crippen molar-refractivity contribution in [3.8, 4) is 17.5 Å². The van der Waals surface area contributed by atoms with Crippen LogP contribution in [-0.2, 0) is 6.42 Å². The first-order chi connectivity index (χ1) is 17.0. The highest BCUT2D eigenvalue weighted by Gasteiger charge is 2.25. The quantitative estimate of drug-likeness (QED) is 0.473. The third kappa shape index (κ3) is 4.27. The zero-order valence-electron chi connectivity index (χ0n) is 19.5. The summed E-state index contributed by atoms with van der Waals surface area (Å²) in [6, 6.07) is 13.7. The summed E-state index contributed by atoms with van der Waals surface area (Å²) in [5, 5.41) is 13.4. The van der Waals surface area contributed by atoms with Gasteiger partial charge in [-0.1, -0.05) is 6.07 Å². The number of nitrogens with zero attached hydrogens (tertiary/aromatic N) is 4. The number of nitrogens with one attached hydrogen (secondary N) is 1. The Balaban J connectivity index is 1.77. The van der Waals surface area contributed by atoms with Crippen LogP contribution in [0.15, 0.2) is 53.5 Å². The molecule has 0 amide bonds. The van der Waals surface area contributed by atoms with Gasteiger partial charge in [0, 0.05) is 24.4 Å². The molecule has 0 radical (unpaired) electrons. The molecule has 1 aliphatic heterocycles. The number of pyridine rings is 1. The number of hydrogen-bond acceptors (Lipinski definition) is 6. The van der Waals surface area contributed by atoms with E-state index in [9.17, 15) is 14.4 Å².